The van der Waals surface area contributed by atoms with Crippen LogP contribution in [-0.4, -0.2) is 63.0 Å². The molecule has 2 aromatic heterocycles. The zero-order valence-corrected chi connectivity index (χ0v) is 20.7. The average Bonchev–Trinajstić information content (AvgIpc) is 3.25. The number of hydrogen-bond acceptors (Lipinski definition) is 8. The summed E-state index contributed by atoms with van der Waals surface area (Å²) in [6.07, 6.45) is 1.04. The predicted molar refractivity (Wildman–Crippen MR) is 127 cm³/mol. The van der Waals surface area contributed by atoms with Gasteiger partial charge in [0.05, 0.1) is 12.2 Å². The van der Waals surface area contributed by atoms with E-state index in [9.17, 15) is 14.4 Å². The number of rotatable bonds is 4. The summed E-state index contributed by atoms with van der Waals surface area (Å²) in [6, 6.07) is 1.55. The highest BCUT2D eigenvalue weighted by Crippen LogP contribution is 2.27. The van der Waals surface area contributed by atoms with Gasteiger partial charge in [0.25, 0.3) is 0 Å². The van der Waals surface area contributed by atoms with Crippen molar-refractivity contribution >= 4 is 41.1 Å². The molecule has 12 heteroatoms. The maximum Gasteiger partial charge on any atom is 0.413 e. The summed E-state index contributed by atoms with van der Waals surface area (Å²) in [6.45, 7) is 13.2. The Hall–Kier alpha value is -3.57. The molecule has 12 nitrogen and oxygen atoms in total. The lowest BCUT2D eigenvalue weighted by Gasteiger charge is -2.23. The van der Waals surface area contributed by atoms with Gasteiger partial charge >= 0.3 is 12.2 Å². The van der Waals surface area contributed by atoms with Gasteiger partial charge in [0, 0.05) is 26.1 Å². The normalized spacial score (nSPS) is 16.3. The fourth-order valence-corrected chi connectivity index (χ4v) is 3.45. The van der Waals surface area contributed by atoms with Gasteiger partial charge < -0.3 is 25.0 Å². The molecule has 34 heavy (non-hydrogen) atoms. The van der Waals surface area contributed by atoms with Crippen LogP contribution in [0, 0.1) is 0 Å². The van der Waals surface area contributed by atoms with Gasteiger partial charge in [-0.05, 0) is 48.0 Å². The number of nitrogens with one attached hydrogen (secondary N) is 3. The van der Waals surface area contributed by atoms with E-state index in [0.29, 0.717) is 42.5 Å². The smallest absolute Gasteiger partial charge is 0.413 e. The first-order valence-electron chi connectivity index (χ1n) is 11.1. The quantitative estimate of drug-likeness (QED) is 0.613. The zero-order valence-electron chi connectivity index (χ0n) is 20.7. The van der Waals surface area contributed by atoms with E-state index in [-0.39, 0.29) is 11.9 Å². The number of carbonyl (C=O) groups excluding carboxylic acids is 3. The number of carbonyl (C=O) groups is 3. The Kier molecular flexibility index (Phi) is 6.89. The first-order valence-corrected chi connectivity index (χ1v) is 11.1. The Labute approximate surface area is 198 Å². The summed E-state index contributed by atoms with van der Waals surface area (Å²) >= 11 is 0. The van der Waals surface area contributed by atoms with Crippen LogP contribution >= 0.6 is 0 Å². The molecule has 3 amide bonds. The minimum absolute atomic E-state index is 0.130. The summed E-state index contributed by atoms with van der Waals surface area (Å²) < 4.78 is 12.1. The highest BCUT2D eigenvalue weighted by atomic mass is 16.6. The molecule has 0 aliphatic carbocycles. The third kappa shape index (κ3) is 6.72. The minimum Gasteiger partial charge on any atom is -0.444 e. The molecule has 0 radical (unpaired) electrons. The molecule has 3 rings (SSSR count). The zero-order chi connectivity index (χ0) is 25.3. The second kappa shape index (κ2) is 9.35. The van der Waals surface area contributed by atoms with Crippen LogP contribution in [0.25, 0.3) is 5.65 Å². The van der Waals surface area contributed by atoms with E-state index in [0.717, 1.165) is 0 Å². The number of hydrogen-bond donors (Lipinski definition) is 3. The Balaban J connectivity index is 1.86. The molecule has 0 spiro atoms. The van der Waals surface area contributed by atoms with Crippen LogP contribution in [0.15, 0.2) is 12.3 Å². The van der Waals surface area contributed by atoms with E-state index in [4.69, 9.17) is 9.47 Å². The second-order valence-corrected chi connectivity index (χ2v) is 10.2. The third-order valence-electron chi connectivity index (χ3n) is 4.63. The van der Waals surface area contributed by atoms with Crippen molar-refractivity contribution in [1.82, 2.24) is 19.9 Å². The van der Waals surface area contributed by atoms with Crippen LogP contribution in [0.3, 0.4) is 0 Å². The van der Waals surface area contributed by atoms with Crippen molar-refractivity contribution in [2.24, 2.45) is 0 Å². The van der Waals surface area contributed by atoms with Crippen molar-refractivity contribution < 1.29 is 23.9 Å². The fraction of sp³-hybridized carbons (Fsp3) is 0.591. The van der Waals surface area contributed by atoms with Crippen LogP contribution in [-0.2, 0) is 14.3 Å². The fourth-order valence-electron chi connectivity index (χ4n) is 3.45. The number of amides is 3. The number of nitrogens with zero attached hydrogens (tertiary/aromatic N) is 4. The highest BCUT2D eigenvalue weighted by molar-refractivity contribution is 5.93. The van der Waals surface area contributed by atoms with Crippen molar-refractivity contribution in [2.45, 2.75) is 72.1 Å². The molecule has 0 aromatic carbocycles. The predicted octanol–water partition coefficient (Wildman–Crippen LogP) is 3.14. The molecule has 1 atom stereocenters. The summed E-state index contributed by atoms with van der Waals surface area (Å²) in [7, 11) is 0. The van der Waals surface area contributed by atoms with Gasteiger partial charge in [-0.15, -0.1) is 0 Å². The van der Waals surface area contributed by atoms with Crippen molar-refractivity contribution in [3.63, 3.8) is 0 Å². The Morgan fingerprint density at radius 3 is 2.29 bits per heavy atom. The average molecular weight is 476 g/mol. The van der Waals surface area contributed by atoms with Gasteiger partial charge in [-0.3, -0.25) is 10.1 Å². The third-order valence-corrected chi connectivity index (χ3v) is 4.63. The SMILES string of the molecule is CC(=O)Nc1cnn2c(NC(=O)OC(C)(C)C)cc(N3CC[C@H](NC(=O)OC(C)(C)C)C3)nc12. The second-order valence-electron chi connectivity index (χ2n) is 10.2. The molecular formula is C22H33N7O5. The topological polar surface area (TPSA) is 139 Å². The molecule has 186 valence electrons. The van der Waals surface area contributed by atoms with E-state index in [2.05, 4.69) is 26.0 Å². The number of alkyl carbamates (subject to hydrolysis) is 1. The Bertz CT molecular complexity index is 1080. The summed E-state index contributed by atoms with van der Waals surface area (Å²) in [5.74, 6) is 0.611. The largest absolute Gasteiger partial charge is 0.444 e. The molecule has 1 aliphatic rings. The lowest BCUT2D eigenvalue weighted by atomic mass is 10.2. The molecule has 1 saturated heterocycles. The van der Waals surface area contributed by atoms with Gasteiger partial charge in [0.2, 0.25) is 5.91 Å². The summed E-state index contributed by atoms with van der Waals surface area (Å²) in [4.78, 5) is 42.9. The number of anilines is 3. The molecule has 3 heterocycles. The van der Waals surface area contributed by atoms with Crippen molar-refractivity contribution in [3.8, 4) is 0 Å². The van der Waals surface area contributed by atoms with E-state index in [1.165, 1.54) is 17.6 Å². The van der Waals surface area contributed by atoms with Crippen LogP contribution in [0.2, 0.25) is 0 Å². The van der Waals surface area contributed by atoms with Crippen LogP contribution in [0.1, 0.15) is 54.9 Å². The first-order chi connectivity index (χ1) is 15.7. The first kappa shape index (κ1) is 25.1. The summed E-state index contributed by atoms with van der Waals surface area (Å²) in [5, 5.41) is 12.5. The standard InChI is InChI=1S/C22H33N7O5/c1-13(30)24-15-11-23-29-17(27-20(32)34-22(5,6)7)10-16(26-18(15)29)28-9-8-14(12-28)25-19(31)33-21(2,3)4/h10-11,14H,8-9,12H2,1-7H3,(H,24,30)(H,25,31)(H,27,32)/t14-/m0/s1. The Morgan fingerprint density at radius 1 is 1.03 bits per heavy atom. The number of fused-ring (bicyclic) bond motifs is 1. The van der Waals surface area contributed by atoms with Gasteiger partial charge in [-0.2, -0.15) is 9.61 Å². The van der Waals surface area contributed by atoms with Crippen LogP contribution in [0.4, 0.5) is 26.9 Å². The monoisotopic (exact) mass is 475 g/mol. The van der Waals surface area contributed by atoms with E-state index < -0.39 is 23.4 Å². The number of aromatic nitrogens is 3. The lowest BCUT2D eigenvalue weighted by molar-refractivity contribution is -0.114. The van der Waals surface area contributed by atoms with Gasteiger partial charge in [0.1, 0.15) is 28.5 Å². The maximum absolute atomic E-state index is 12.4. The van der Waals surface area contributed by atoms with E-state index in [1.807, 2.05) is 25.7 Å². The van der Waals surface area contributed by atoms with Crippen molar-refractivity contribution in [3.05, 3.63) is 12.3 Å². The van der Waals surface area contributed by atoms with Crippen molar-refractivity contribution in [1.29, 1.82) is 0 Å². The van der Waals surface area contributed by atoms with E-state index >= 15 is 0 Å². The van der Waals surface area contributed by atoms with Crippen LogP contribution in [0.5, 0.6) is 0 Å². The molecule has 2 aromatic rings. The number of ether oxygens (including phenoxy) is 2. The maximum atomic E-state index is 12.4. The molecule has 0 bridgehead atoms. The molecule has 1 aliphatic heterocycles. The molecule has 1 fully saturated rings. The summed E-state index contributed by atoms with van der Waals surface area (Å²) in [5.41, 5.74) is -0.495. The van der Waals surface area contributed by atoms with Gasteiger partial charge in [0.15, 0.2) is 5.65 Å². The Morgan fingerprint density at radius 2 is 1.68 bits per heavy atom. The van der Waals surface area contributed by atoms with Gasteiger partial charge in [-0.1, -0.05) is 0 Å². The molecule has 0 saturated carbocycles. The molecular weight excluding hydrogens is 442 g/mol. The lowest BCUT2D eigenvalue weighted by Crippen LogP contribution is -2.40. The van der Waals surface area contributed by atoms with Crippen LogP contribution < -0.4 is 20.9 Å². The van der Waals surface area contributed by atoms with Gasteiger partial charge in [-0.25, -0.2) is 14.6 Å². The van der Waals surface area contributed by atoms with E-state index in [1.54, 1.807) is 26.8 Å². The minimum atomic E-state index is -0.681. The molecule has 3 N–H and O–H groups in total. The van der Waals surface area contributed by atoms with Crippen molar-refractivity contribution in [2.75, 3.05) is 28.6 Å². The highest BCUT2D eigenvalue weighted by Gasteiger charge is 2.28. The molecule has 0 unspecified atom stereocenters.